The average Bonchev–Trinajstić information content (AvgIpc) is 3.56. The lowest BCUT2D eigenvalue weighted by molar-refractivity contribution is -0.136. The van der Waals surface area contributed by atoms with Crippen LogP contribution in [0.4, 0.5) is 15.8 Å². The van der Waals surface area contributed by atoms with Crippen LogP contribution < -0.4 is 20.3 Å². The van der Waals surface area contributed by atoms with Gasteiger partial charge in [-0.15, -0.1) is 0 Å². The molecule has 3 atom stereocenters. The van der Waals surface area contributed by atoms with Crippen molar-refractivity contribution in [2.24, 2.45) is 11.8 Å². The molecule has 0 spiro atoms. The van der Waals surface area contributed by atoms with Crippen LogP contribution in [0.5, 0.6) is 5.75 Å². The van der Waals surface area contributed by atoms with Crippen molar-refractivity contribution in [2.75, 3.05) is 56.0 Å². The van der Waals surface area contributed by atoms with Gasteiger partial charge in [-0.3, -0.25) is 44.1 Å². The quantitative estimate of drug-likeness (QED) is 0.123. The lowest BCUT2D eigenvalue weighted by Crippen LogP contribution is -2.55. The fraction of sp³-hybridized carbons (Fsp3) is 0.449. The van der Waals surface area contributed by atoms with Gasteiger partial charge in [0, 0.05) is 87.2 Å². The maximum Gasteiger partial charge on any atom is 0.262 e. The number of amides is 5. The summed E-state index contributed by atoms with van der Waals surface area (Å²) in [5.41, 5.74) is 3.82. The van der Waals surface area contributed by atoms with E-state index in [2.05, 4.69) is 30.3 Å². The van der Waals surface area contributed by atoms with Crippen LogP contribution in [0.1, 0.15) is 90.5 Å². The number of anilines is 2. The molecule has 1 aromatic heterocycles. The van der Waals surface area contributed by atoms with E-state index in [0.717, 1.165) is 85.0 Å². The number of pyridine rings is 1. The Bertz CT molecular complexity index is 2520. The molecule has 5 amide bonds. The Hall–Kier alpha value is -5.77. The number of fused-ring (bicyclic) bond motifs is 2. The van der Waals surface area contributed by atoms with Crippen molar-refractivity contribution < 1.29 is 37.9 Å². The number of rotatable bonds is 12. The first kappa shape index (κ1) is 44.4. The van der Waals surface area contributed by atoms with Gasteiger partial charge in [-0.2, -0.15) is 0 Å². The summed E-state index contributed by atoms with van der Waals surface area (Å²) < 4.78 is 20.5. The number of halogens is 2. The maximum absolute atomic E-state index is 14.1. The van der Waals surface area contributed by atoms with E-state index >= 15 is 0 Å². The zero-order valence-corrected chi connectivity index (χ0v) is 37.1. The molecule has 3 saturated heterocycles. The van der Waals surface area contributed by atoms with Crippen molar-refractivity contribution in [2.45, 2.75) is 82.4 Å². The van der Waals surface area contributed by atoms with E-state index in [-0.39, 0.29) is 59.7 Å². The number of hydrogen-bond donors (Lipinski definition) is 2. The predicted molar refractivity (Wildman–Crippen MR) is 242 cm³/mol. The summed E-state index contributed by atoms with van der Waals surface area (Å²) in [4.78, 5) is 88.6. The van der Waals surface area contributed by atoms with Gasteiger partial charge in [0.25, 0.3) is 11.8 Å². The number of nitrogens with zero attached hydrogens (tertiary/aromatic N) is 5. The first-order valence-corrected chi connectivity index (χ1v) is 23.2. The largest absolute Gasteiger partial charge is 0.489 e. The van der Waals surface area contributed by atoms with Crippen LogP contribution in [-0.2, 0) is 19.2 Å². The zero-order valence-electron chi connectivity index (χ0n) is 36.3. The van der Waals surface area contributed by atoms with Gasteiger partial charge in [-0.25, -0.2) is 4.39 Å². The summed E-state index contributed by atoms with van der Waals surface area (Å²) in [5, 5.41) is 6.66. The standard InChI is InChI=1S/C49H53ClFN7O7/c1-29(30-2-4-31(5-3-30)37-14-17-52-42-11-6-32(51)24-39(37)42)46(61)53-33-7-10-41(50)44(25-33)65-36-15-18-55(19-16-36)27-35(28-59)57-22-20-56(21-23-57)34-8-9-38-40(26-34)49(64)58(48(38)63)43-12-13-45(60)54-47(43)62/h6-11,14,17,24-26,28-31,35-36,43H,2-5,12-13,15-16,18-23,27H2,1H3,(H,53,61)(H,54,60,62)/t29-,30-,31+,35?,43?/m1/s1. The molecule has 1 aliphatic carbocycles. The second kappa shape index (κ2) is 19.0. The third-order valence-corrected chi connectivity index (χ3v) is 14.6. The first-order chi connectivity index (χ1) is 31.4. The minimum Gasteiger partial charge on any atom is -0.489 e. The van der Waals surface area contributed by atoms with E-state index in [1.807, 2.05) is 19.1 Å². The van der Waals surface area contributed by atoms with Crippen LogP contribution in [0.25, 0.3) is 10.9 Å². The summed E-state index contributed by atoms with van der Waals surface area (Å²) >= 11 is 6.60. The smallest absolute Gasteiger partial charge is 0.262 e. The van der Waals surface area contributed by atoms with Gasteiger partial charge in [-0.1, -0.05) is 18.5 Å². The highest BCUT2D eigenvalue weighted by atomic mass is 35.5. The molecule has 5 aliphatic rings. The molecular formula is C49H53ClFN7O7. The molecule has 340 valence electrons. The molecule has 0 radical (unpaired) electrons. The molecule has 14 nitrogen and oxygen atoms in total. The molecule has 65 heavy (non-hydrogen) atoms. The Kier molecular flexibility index (Phi) is 13.0. The first-order valence-electron chi connectivity index (χ1n) is 22.8. The number of benzene rings is 3. The molecule has 4 aromatic rings. The van der Waals surface area contributed by atoms with Gasteiger partial charge in [0.2, 0.25) is 17.7 Å². The Balaban J connectivity index is 0.724. The van der Waals surface area contributed by atoms with Crippen LogP contribution in [0.15, 0.2) is 66.9 Å². The molecule has 5 heterocycles. The lowest BCUT2D eigenvalue weighted by Gasteiger charge is -2.41. The molecule has 4 aliphatic heterocycles. The van der Waals surface area contributed by atoms with E-state index < -0.39 is 29.7 Å². The van der Waals surface area contributed by atoms with E-state index in [0.29, 0.717) is 55.1 Å². The number of hydrogen-bond acceptors (Lipinski definition) is 11. The van der Waals surface area contributed by atoms with Crippen LogP contribution in [-0.4, -0.2) is 120 Å². The van der Waals surface area contributed by atoms with Gasteiger partial charge in [0.15, 0.2) is 0 Å². The minimum absolute atomic E-state index is 0.0462. The predicted octanol–water partition coefficient (Wildman–Crippen LogP) is 6.21. The number of carbonyl (C=O) groups is 6. The fourth-order valence-electron chi connectivity index (χ4n) is 10.4. The monoisotopic (exact) mass is 905 g/mol. The fourth-order valence-corrected chi connectivity index (χ4v) is 10.6. The number of carbonyl (C=O) groups excluding carboxylic acids is 6. The highest BCUT2D eigenvalue weighted by Gasteiger charge is 2.45. The van der Waals surface area contributed by atoms with Gasteiger partial charge in [-0.05, 0) is 117 Å². The Labute approximate surface area is 381 Å². The molecular weight excluding hydrogens is 853 g/mol. The van der Waals surface area contributed by atoms with E-state index in [1.54, 1.807) is 48.7 Å². The van der Waals surface area contributed by atoms with Crippen LogP contribution in [0, 0.1) is 17.7 Å². The third-order valence-electron chi connectivity index (χ3n) is 14.3. The summed E-state index contributed by atoms with van der Waals surface area (Å²) in [6.07, 6.45) is 8.03. The van der Waals surface area contributed by atoms with Gasteiger partial charge in [0.05, 0.1) is 27.7 Å². The van der Waals surface area contributed by atoms with Crippen molar-refractivity contribution >= 4 is 69.7 Å². The number of piperazine rings is 1. The molecule has 16 heteroatoms. The van der Waals surface area contributed by atoms with Gasteiger partial charge >= 0.3 is 0 Å². The van der Waals surface area contributed by atoms with Crippen LogP contribution in [0.3, 0.4) is 0 Å². The topological polar surface area (TPSA) is 162 Å². The van der Waals surface area contributed by atoms with Gasteiger partial charge < -0.3 is 24.6 Å². The number of piperidine rings is 2. The van der Waals surface area contributed by atoms with E-state index in [4.69, 9.17) is 16.3 Å². The number of aldehydes is 1. The van der Waals surface area contributed by atoms with Crippen molar-refractivity contribution in [3.8, 4) is 5.75 Å². The third kappa shape index (κ3) is 9.36. The molecule has 2 unspecified atom stereocenters. The van der Waals surface area contributed by atoms with Crippen molar-refractivity contribution in [1.29, 1.82) is 0 Å². The van der Waals surface area contributed by atoms with Crippen molar-refractivity contribution in [3.63, 3.8) is 0 Å². The number of ether oxygens (including phenoxy) is 1. The molecule has 9 rings (SSSR count). The average molecular weight is 906 g/mol. The number of likely N-dealkylation sites (tertiary alicyclic amines) is 1. The Morgan fingerprint density at radius 2 is 1.65 bits per heavy atom. The normalized spacial score (nSPS) is 23.3. The Morgan fingerprint density at radius 1 is 0.892 bits per heavy atom. The van der Waals surface area contributed by atoms with E-state index in [1.165, 1.54) is 6.07 Å². The SMILES string of the molecule is C[C@@H](C(=O)Nc1ccc(Cl)c(OC2CCN(CC(C=O)N3CCN(c4ccc5c(c4)C(=O)N(C4CCC(=O)NC4=O)C5=O)CC3)CC2)c1)[C@H]1CC[C@@H](c2ccnc3ccc(F)cc32)CC1. The van der Waals surface area contributed by atoms with Crippen molar-refractivity contribution in [1.82, 2.24) is 25.0 Å². The summed E-state index contributed by atoms with van der Waals surface area (Å²) in [6.45, 7) is 6.57. The molecule has 0 bridgehead atoms. The van der Waals surface area contributed by atoms with E-state index in [9.17, 15) is 33.2 Å². The number of nitrogens with one attached hydrogen (secondary N) is 2. The van der Waals surface area contributed by atoms with Crippen molar-refractivity contribution in [3.05, 3.63) is 94.4 Å². The molecule has 2 N–H and O–H groups in total. The van der Waals surface area contributed by atoms with Gasteiger partial charge in [0.1, 0.15) is 30.0 Å². The number of aromatic nitrogens is 1. The molecule has 4 fully saturated rings. The summed E-state index contributed by atoms with van der Waals surface area (Å²) in [6, 6.07) is 15.9. The van der Waals surface area contributed by atoms with Crippen LogP contribution in [0.2, 0.25) is 5.02 Å². The Morgan fingerprint density at radius 3 is 2.38 bits per heavy atom. The lowest BCUT2D eigenvalue weighted by atomic mass is 9.73. The second-order valence-corrected chi connectivity index (χ2v) is 18.5. The highest BCUT2D eigenvalue weighted by Crippen LogP contribution is 2.41. The molecule has 3 aromatic carbocycles. The molecule has 1 saturated carbocycles. The minimum atomic E-state index is -1.02. The zero-order chi connectivity index (χ0) is 45.4. The number of imide groups is 2. The summed E-state index contributed by atoms with van der Waals surface area (Å²) in [5.74, 6) is -1.59. The van der Waals surface area contributed by atoms with Crippen LogP contribution >= 0.6 is 11.6 Å². The highest BCUT2D eigenvalue weighted by molar-refractivity contribution is 6.32. The second-order valence-electron chi connectivity index (χ2n) is 18.1. The maximum atomic E-state index is 14.1. The summed E-state index contributed by atoms with van der Waals surface area (Å²) in [7, 11) is 0.